The minimum absolute atomic E-state index is 0.147. The topological polar surface area (TPSA) is 262 Å². The average molecular weight is 1120 g/mol. The number of aldehydes is 1. The first kappa shape index (κ1) is 65.1. The van der Waals surface area contributed by atoms with Crippen molar-refractivity contribution in [3.63, 3.8) is 0 Å². The number of ether oxygens (including phenoxy) is 2. The zero-order valence-electron chi connectivity index (χ0n) is 46.6. The Balaban J connectivity index is 0.000000330. The van der Waals surface area contributed by atoms with Gasteiger partial charge >= 0.3 is 18.4 Å². The second-order valence-corrected chi connectivity index (χ2v) is 21.4. The van der Waals surface area contributed by atoms with Crippen molar-refractivity contribution >= 4 is 42.1 Å². The van der Waals surface area contributed by atoms with Gasteiger partial charge in [0, 0.05) is 66.2 Å². The lowest BCUT2D eigenvalue weighted by atomic mass is 9.92. The van der Waals surface area contributed by atoms with Gasteiger partial charge in [-0.05, 0) is 87.8 Å². The van der Waals surface area contributed by atoms with Crippen LogP contribution in [0.1, 0.15) is 88.8 Å². The first-order valence-electron chi connectivity index (χ1n) is 26.2. The molecular weight excluding hydrogens is 1040 g/mol. The lowest BCUT2D eigenvalue weighted by molar-refractivity contribution is -0.156. The number of nitrogens with zero attached hydrogens (tertiary/aromatic N) is 3. The molecule has 0 bridgehead atoms. The van der Waals surface area contributed by atoms with Gasteiger partial charge in [-0.2, -0.15) is 13.2 Å². The molecule has 0 aromatic heterocycles. The summed E-state index contributed by atoms with van der Waals surface area (Å²) in [5, 5.41) is 34.3. The van der Waals surface area contributed by atoms with E-state index in [4.69, 9.17) is 20.0 Å². The van der Waals surface area contributed by atoms with E-state index in [2.05, 4.69) is 21.3 Å². The number of alkyl carbamates (subject to hydrolysis) is 1. The monoisotopic (exact) mass is 1120 g/mol. The van der Waals surface area contributed by atoms with Crippen molar-refractivity contribution in [1.29, 1.82) is 0 Å². The largest absolute Gasteiger partial charge is 0.446 e. The molecular formula is C58H77F3N8O11. The molecule has 4 aromatic rings. The molecule has 2 fully saturated rings. The predicted molar refractivity (Wildman–Crippen MR) is 293 cm³/mol. The van der Waals surface area contributed by atoms with Gasteiger partial charge in [-0.3, -0.25) is 28.9 Å². The Labute approximate surface area is 465 Å². The fourth-order valence-electron chi connectivity index (χ4n) is 8.83. The van der Waals surface area contributed by atoms with Gasteiger partial charge < -0.3 is 56.5 Å². The Morgan fingerprint density at radius 3 is 1.59 bits per heavy atom. The molecule has 6 amide bonds. The molecule has 0 aliphatic carbocycles. The Bertz CT molecular complexity index is 2670. The maximum Gasteiger partial charge on any atom is 0.446 e. The molecule has 0 spiro atoms. The molecule has 0 saturated carbocycles. The van der Waals surface area contributed by atoms with Gasteiger partial charge in [-0.15, -0.1) is 0 Å². The summed E-state index contributed by atoms with van der Waals surface area (Å²) in [6, 6.07) is 30.7. The number of nitrogens with one attached hydrogen (secondary N) is 4. The summed E-state index contributed by atoms with van der Waals surface area (Å²) in [5.74, 6) is -1.25. The van der Waals surface area contributed by atoms with E-state index in [0.29, 0.717) is 39.1 Å². The number of rotatable bonds is 17. The van der Waals surface area contributed by atoms with Gasteiger partial charge in [0.15, 0.2) is 0 Å². The number of hydrogen-bond acceptors (Lipinski definition) is 13. The molecule has 22 heteroatoms. The number of nitrogens with two attached hydrogens (primary N) is 1. The molecule has 8 N–H and O–H groups in total. The predicted octanol–water partition coefficient (Wildman–Crippen LogP) is 5.07. The third-order valence-corrected chi connectivity index (χ3v) is 12.3. The third-order valence-electron chi connectivity index (χ3n) is 12.3. The highest BCUT2D eigenvalue weighted by Crippen LogP contribution is 2.25. The van der Waals surface area contributed by atoms with E-state index in [0.717, 1.165) is 33.4 Å². The quantitative estimate of drug-likeness (QED) is 0.0683. The number of aliphatic hydroxyl groups excluding tert-OH is 2. The van der Waals surface area contributed by atoms with Gasteiger partial charge in [0.05, 0.1) is 18.2 Å². The number of alkyl halides is 3. The van der Waals surface area contributed by atoms with Crippen LogP contribution in [-0.4, -0.2) is 147 Å². The molecule has 0 radical (unpaired) electrons. The number of hydrogen-bond donors (Lipinski definition) is 7. The third kappa shape index (κ3) is 22.4. The maximum atomic E-state index is 13.9. The fraction of sp³-hybridized carbons (Fsp3) is 0.466. The molecule has 0 unspecified atom stereocenters. The summed E-state index contributed by atoms with van der Waals surface area (Å²) in [5.41, 5.74) is 9.68. The van der Waals surface area contributed by atoms with E-state index < -0.39 is 84.0 Å². The van der Waals surface area contributed by atoms with Crippen molar-refractivity contribution in [3.05, 3.63) is 143 Å². The minimum Gasteiger partial charge on any atom is -0.444 e. The highest BCUT2D eigenvalue weighted by Gasteiger charge is 2.46. The van der Waals surface area contributed by atoms with Gasteiger partial charge in [-0.25, -0.2) is 9.59 Å². The van der Waals surface area contributed by atoms with E-state index in [1.165, 1.54) is 18.7 Å². The Hall–Kier alpha value is -7.40. The number of amides is 6. The Kier molecular flexibility index (Phi) is 24.6. The summed E-state index contributed by atoms with van der Waals surface area (Å²) in [6.45, 7) is 16.3. The first-order valence-corrected chi connectivity index (χ1v) is 26.2. The zero-order valence-corrected chi connectivity index (χ0v) is 46.6. The molecule has 19 nitrogen and oxygen atoms in total. The van der Waals surface area contributed by atoms with Crippen LogP contribution in [0, 0.1) is 0 Å². The van der Waals surface area contributed by atoms with E-state index in [9.17, 15) is 52.2 Å². The van der Waals surface area contributed by atoms with Crippen LogP contribution >= 0.6 is 0 Å². The van der Waals surface area contributed by atoms with Crippen LogP contribution in [0.25, 0.3) is 0 Å². The highest BCUT2D eigenvalue weighted by molar-refractivity contribution is 5.88. The van der Waals surface area contributed by atoms with Gasteiger partial charge in [-0.1, -0.05) is 109 Å². The van der Waals surface area contributed by atoms with E-state index in [1.54, 1.807) is 57.4 Å². The normalized spacial score (nSPS) is 17.2. The van der Waals surface area contributed by atoms with E-state index in [1.807, 2.05) is 103 Å². The van der Waals surface area contributed by atoms with Crippen molar-refractivity contribution in [3.8, 4) is 0 Å². The summed E-state index contributed by atoms with van der Waals surface area (Å²) >= 11 is 0. The standard InChI is InChI=1S/C33H46N4O7.C23H30N4O3.C2HF3O/c1-22(38)35-26(19-24-14-11-15-25(18-24)20-34-30(41)43-32(2,3)4)28(39)27-29(40)36(21-23-12-9-8-10-13-23)16-17-37(27)31(42)44-33(5,6)7;1-16(28)26-20(13-18-8-5-9-19(12-18)14-24)22(29)21-23(30)27(11-10-25-21)15-17-6-3-2-4-7-17;3-2(4,5)1-6/h8-15,18,26-28,39H,16-17,19-21H2,1-7H3,(H,34,41)(H,35,38);2-9,12,20-22,25,29H,10-11,13-15,24H2,1H3,(H,26,28);1H/t26-,27-,28-;20-,21-,22-;/m00./s1. The number of halogens is 3. The number of carbonyl (C=O) groups is 7. The van der Waals surface area contributed by atoms with Gasteiger partial charge in [0.1, 0.15) is 29.4 Å². The van der Waals surface area contributed by atoms with Crippen molar-refractivity contribution < 1.29 is 66.4 Å². The highest BCUT2D eigenvalue weighted by atomic mass is 19.4. The zero-order chi connectivity index (χ0) is 59.4. The van der Waals surface area contributed by atoms with Crippen molar-refractivity contribution in [2.45, 2.75) is 148 Å². The van der Waals surface area contributed by atoms with Crippen LogP contribution in [0.4, 0.5) is 22.8 Å². The van der Waals surface area contributed by atoms with Crippen LogP contribution in [-0.2, 0) is 72.5 Å². The molecule has 4 aromatic carbocycles. The van der Waals surface area contributed by atoms with Crippen molar-refractivity contribution in [2.75, 3.05) is 26.2 Å². The number of aliphatic hydroxyl groups is 2. The molecule has 2 aliphatic rings. The molecule has 6 atom stereocenters. The molecule has 2 aliphatic heterocycles. The van der Waals surface area contributed by atoms with Crippen molar-refractivity contribution in [1.82, 2.24) is 36.0 Å². The number of benzene rings is 4. The average Bonchev–Trinajstić information content (AvgIpc) is 3.38. The molecule has 2 heterocycles. The first-order chi connectivity index (χ1) is 37.6. The van der Waals surface area contributed by atoms with E-state index in [-0.39, 0.29) is 37.9 Å². The summed E-state index contributed by atoms with van der Waals surface area (Å²) in [4.78, 5) is 89.9. The number of carbonyl (C=O) groups excluding carboxylic acids is 7. The van der Waals surface area contributed by atoms with Crippen LogP contribution in [0.5, 0.6) is 0 Å². The fourth-order valence-corrected chi connectivity index (χ4v) is 8.83. The smallest absolute Gasteiger partial charge is 0.444 e. The maximum absolute atomic E-state index is 13.9. The second-order valence-electron chi connectivity index (χ2n) is 21.4. The van der Waals surface area contributed by atoms with Crippen LogP contribution in [0.15, 0.2) is 109 Å². The van der Waals surface area contributed by atoms with E-state index >= 15 is 0 Å². The molecule has 2 saturated heterocycles. The van der Waals surface area contributed by atoms with Gasteiger partial charge in [0.25, 0.3) is 0 Å². The second kappa shape index (κ2) is 30.3. The lowest BCUT2D eigenvalue weighted by Gasteiger charge is -2.44. The summed E-state index contributed by atoms with van der Waals surface area (Å²) in [6.07, 6.45) is -8.93. The molecule has 436 valence electrons. The van der Waals surface area contributed by atoms with Gasteiger partial charge in [0.2, 0.25) is 29.9 Å². The van der Waals surface area contributed by atoms with Crippen LogP contribution in [0.2, 0.25) is 0 Å². The summed E-state index contributed by atoms with van der Waals surface area (Å²) < 4.78 is 42.2. The molecule has 80 heavy (non-hydrogen) atoms. The van der Waals surface area contributed by atoms with Crippen molar-refractivity contribution in [2.24, 2.45) is 5.73 Å². The summed E-state index contributed by atoms with van der Waals surface area (Å²) in [7, 11) is 0. The van der Waals surface area contributed by atoms with Crippen LogP contribution < -0.4 is 27.0 Å². The lowest BCUT2D eigenvalue weighted by Crippen LogP contribution is -2.66. The number of piperazine rings is 2. The van der Waals surface area contributed by atoms with Crippen LogP contribution in [0.3, 0.4) is 0 Å². The SMILES string of the molecule is CC(=O)N[C@@H](Cc1cccc(CN)c1)[C@H](O)[C@@H]1NCCN(Cc2ccccc2)C1=O.CC(=O)N[C@@H](Cc1cccc(CNC(=O)OC(C)(C)C)c1)[C@H](O)[C@H]1C(=O)N(Cc2ccccc2)CCN1C(=O)OC(C)(C)C.O=CC(F)(F)F. The molecule has 6 rings (SSSR count). The minimum atomic E-state index is -4.64. The Morgan fingerprint density at radius 1 is 0.662 bits per heavy atom. The Morgan fingerprint density at radius 2 is 1.11 bits per heavy atom.